The van der Waals surface area contributed by atoms with E-state index in [0.717, 1.165) is 5.39 Å². The van der Waals surface area contributed by atoms with Gasteiger partial charge in [0.25, 0.3) is 0 Å². The number of ether oxygens (including phenoxy) is 2. The first kappa shape index (κ1) is 21.6. The summed E-state index contributed by atoms with van der Waals surface area (Å²) in [5, 5.41) is 4.18. The predicted molar refractivity (Wildman–Crippen MR) is 122 cm³/mol. The van der Waals surface area contributed by atoms with Crippen molar-refractivity contribution in [1.29, 1.82) is 0 Å². The first-order valence-electron chi connectivity index (χ1n) is 9.88. The number of para-hydroxylation sites is 1. The number of benzene rings is 1. The molecule has 9 heteroatoms. The van der Waals surface area contributed by atoms with Gasteiger partial charge in [-0.1, -0.05) is 23.7 Å². The number of allylic oxidation sites excluding steroid dienone is 1. The number of halogens is 1. The van der Waals surface area contributed by atoms with Gasteiger partial charge in [-0.2, -0.15) is 0 Å². The Kier molecular flexibility index (Phi) is 6.25. The lowest BCUT2D eigenvalue weighted by atomic mass is 10.1. The number of rotatable bonds is 7. The number of pyridine rings is 1. The molecule has 0 amide bonds. The van der Waals surface area contributed by atoms with Crippen LogP contribution in [0.2, 0.25) is 5.02 Å². The van der Waals surface area contributed by atoms with E-state index in [4.69, 9.17) is 21.1 Å². The molecule has 8 nitrogen and oxygen atoms in total. The lowest BCUT2D eigenvalue weighted by Gasteiger charge is -2.11. The maximum absolute atomic E-state index is 13.1. The van der Waals surface area contributed by atoms with Gasteiger partial charge in [0.2, 0.25) is 11.7 Å². The SMILES string of the molecule is CN(C)CCOC(=O)C1=C(Nc2ccccc2Cl)O/C(=C\c2c[nH]c3ncccc23)C1=O. The van der Waals surface area contributed by atoms with Crippen LogP contribution in [0.25, 0.3) is 17.1 Å². The van der Waals surface area contributed by atoms with Crippen molar-refractivity contribution in [2.24, 2.45) is 0 Å². The van der Waals surface area contributed by atoms with Gasteiger partial charge in [0.15, 0.2) is 11.3 Å². The summed E-state index contributed by atoms with van der Waals surface area (Å²) in [4.78, 5) is 35.1. The van der Waals surface area contributed by atoms with Crippen LogP contribution in [-0.2, 0) is 19.1 Å². The molecule has 0 bridgehead atoms. The van der Waals surface area contributed by atoms with Crippen molar-refractivity contribution >= 4 is 46.2 Å². The molecule has 0 unspecified atom stereocenters. The van der Waals surface area contributed by atoms with Crippen LogP contribution in [0.15, 0.2) is 66.0 Å². The number of carbonyl (C=O) groups is 2. The molecule has 3 aromatic rings. The van der Waals surface area contributed by atoms with Crippen molar-refractivity contribution in [3.8, 4) is 0 Å². The van der Waals surface area contributed by atoms with Gasteiger partial charge in [0, 0.05) is 29.9 Å². The molecule has 4 rings (SSSR count). The van der Waals surface area contributed by atoms with Crippen LogP contribution in [-0.4, -0.2) is 53.9 Å². The molecule has 2 N–H and O–H groups in total. The quantitative estimate of drug-likeness (QED) is 0.321. The fraction of sp³-hybridized carbons (Fsp3) is 0.174. The normalized spacial score (nSPS) is 15.0. The largest absolute Gasteiger partial charge is 0.460 e. The van der Waals surface area contributed by atoms with Crippen LogP contribution < -0.4 is 5.32 Å². The highest BCUT2D eigenvalue weighted by Crippen LogP contribution is 2.32. The van der Waals surface area contributed by atoms with E-state index in [2.05, 4.69) is 15.3 Å². The van der Waals surface area contributed by atoms with Gasteiger partial charge in [0.05, 0.1) is 10.7 Å². The molecule has 0 fully saturated rings. The van der Waals surface area contributed by atoms with E-state index in [-0.39, 0.29) is 23.8 Å². The van der Waals surface area contributed by atoms with Crippen LogP contribution in [0.4, 0.5) is 5.69 Å². The minimum atomic E-state index is -0.768. The first-order chi connectivity index (χ1) is 15.4. The maximum Gasteiger partial charge on any atom is 0.347 e. The van der Waals surface area contributed by atoms with Crippen LogP contribution in [0, 0.1) is 0 Å². The van der Waals surface area contributed by atoms with E-state index < -0.39 is 11.8 Å². The highest BCUT2D eigenvalue weighted by Gasteiger charge is 2.37. The van der Waals surface area contributed by atoms with E-state index >= 15 is 0 Å². The molecule has 0 aliphatic carbocycles. The lowest BCUT2D eigenvalue weighted by Crippen LogP contribution is -2.23. The second kappa shape index (κ2) is 9.25. The zero-order valence-corrected chi connectivity index (χ0v) is 18.3. The highest BCUT2D eigenvalue weighted by atomic mass is 35.5. The molecule has 0 saturated carbocycles. The monoisotopic (exact) mass is 452 g/mol. The van der Waals surface area contributed by atoms with Crippen molar-refractivity contribution in [3.63, 3.8) is 0 Å². The number of hydrogen-bond acceptors (Lipinski definition) is 7. The van der Waals surface area contributed by atoms with Crippen LogP contribution in [0.5, 0.6) is 0 Å². The number of anilines is 1. The zero-order valence-electron chi connectivity index (χ0n) is 17.5. The maximum atomic E-state index is 13.1. The molecule has 0 atom stereocenters. The topological polar surface area (TPSA) is 96.6 Å². The minimum absolute atomic E-state index is 0.0103. The molecule has 1 aliphatic rings. The van der Waals surface area contributed by atoms with E-state index in [0.29, 0.717) is 28.5 Å². The second-order valence-corrected chi connectivity index (χ2v) is 7.74. The third-order valence-corrected chi connectivity index (χ3v) is 5.09. The number of nitrogens with zero attached hydrogens (tertiary/aromatic N) is 2. The summed E-state index contributed by atoms with van der Waals surface area (Å²) >= 11 is 6.23. The summed E-state index contributed by atoms with van der Waals surface area (Å²) in [6.07, 6.45) is 4.95. The number of Topliss-reactive ketones (excluding diaryl/α,β-unsaturated/α-hetero) is 1. The van der Waals surface area contributed by atoms with Crippen LogP contribution in [0.1, 0.15) is 5.56 Å². The summed E-state index contributed by atoms with van der Waals surface area (Å²) in [7, 11) is 3.72. The van der Waals surface area contributed by atoms with Gasteiger partial charge in [0.1, 0.15) is 12.3 Å². The Morgan fingerprint density at radius 2 is 2.09 bits per heavy atom. The number of nitrogens with one attached hydrogen (secondary N) is 2. The number of carbonyl (C=O) groups excluding carboxylic acids is 2. The van der Waals surface area contributed by atoms with Crippen molar-refractivity contribution in [2.45, 2.75) is 0 Å². The van der Waals surface area contributed by atoms with Crippen LogP contribution in [0.3, 0.4) is 0 Å². The predicted octanol–water partition coefficient (Wildman–Crippen LogP) is 3.59. The Labute approximate surface area is 189 Å². The number of likely N-dealkylation sites (N-methyl/N-ethyl adjacent to an activating group) is 1. The zero-order chi connectivity index (χ0) is 22.7. The molecule has 1 aliphatic heterocycles. The van der Waals surface area contributed by atoms with Crippen LogP contribution >= 0.6 is 11.6 Å². The Morgan fingerprint density at radius 3 is 2.88 bits per heavy atom. The molecule has 0 radical (unpaired) electrons. The minimum Gasteiger partial charge on any atom is -0.460 e. The second-order valence-electron chi connectivity index (χ2n) is 7.33. The Hall–Kier alpha value is -3.62. The number of hydrogen-bond donors (Lipinski definition) is 2. The summed E-state index contributed by atoms with van der Waals surface area (Å²) < 4.78 is 11.1. The molecule has 32 heavy (non-hydrogen) atoms. The van der Waals surface area contributed by atoms with E-state index in [1.165, 1.54) is 0 Å². The highest BCUT2D eigenvalue weighted by molar-refractivity contribution is 6.33. The number of H-pyrrole nitrogens is 1. The summed E-state index contributed by atoms with van der Waals surface area (Å²) in [5.74, 6) is -1.38. The Bertz CT molecular complexity index is 1250. The summed E-state index contributed by atoms with van der Waals surface area (Å²) in [6, 6.07) is 10.6. The molecular formula is C23H21ClN4O4. The molecule has 0 saturated heterocycles. The fourth-order valence-electron chi connectivity index (χ4n) is 3.12. The number of aromatic nitrogens is 2. The van der Waals surface area contributed by atoms with Gasteiger partial charge in [-0.25, -0.2) is 9.78 Å². The first-order valence-corrected chi connectivity index (χ1v) is 10.3. The molecule has 1 aromatic carbocycles. The van der Waals surface area contributed by atoms with Gasteiger partial charge in [-0.3, -0.25) is 4.79 Å². The standard InChI is InChI=1S/C23H21ClN4O4/c1-28(2)10-11-31-23(30)19-20(29)18(12-14-13-26-21-15(14)6-5-9-25-21)32-22(19)27-17-8-4-3-7-16(17)24/h3-9,12-13,27H,10-11H2,1-2H3,(H,25,26)/b18-12-. The van der Waals surface area contributed by atoms with E-state index in [1.807, 2.05) is 25.1 Å². The third kappa shape index (κ3) is 4.51. The molecule has 0 spiro atoms. The average molecular weight is 453 g/mol. The smallest absolute Gasteiger partial charge is 0.347 e. The van der Waals surface area contributed by atoms with E-state index in [9.17, 15) is 9.59 Å². The third-order valence-electron chi connectivity index (χ3n) is 4.76. The number of esters is 1. The molecular weight excluding hydrogens is 432 g/mol. The lowest BCUT2D eigenvalue weighted by molar-refractivity contribution is -0.140. The number of aromatic amines is 1. The van der Waals surface area contributed by atoms with Crippen molar-refractivity contribution < 1.29 is 19.1 Å². The van der Waals surface area contributed by atoms with Gasteiger partial charge in [-0.05, 0) is 44.4 Å². The Balaban J connectivity index is 1.66. The number of fused-ring (bicyclic) bond motifs is 1. The summed E-state index contributed by atoms with van der Waals surface area (Å²) in [5.41, 5.74) is 1.66. The molecule has 3 heterocycles. The van der Waals surface area contributed by atoms with Gasteiger partial charge < -0.3 is 24.7 Å². The van der Waals surface area contributed by atoms with E-state index in [1.54, 1.807) is 48.8 Å². The van der Waals surface area contributed by atoms with Crippen molar-refractivity contribution in [1.82, 2.24) is 14.9 Å². The van der Waals surface area contributed by atoms with Crippen molar-refractivity contribution in [3.05, 3.63) is 76.6 Å². The van der Waals surface area contributed by atoms with Gasteiger partial charge >= 0.3 is 5.97 Å². The summed E-state index contributed by atoms with van der Waals surface area (Å²) in [6.45, 7) is 0.654. The Morgan fingerprint density at radius 1 is 1.28 bits per heavy atom. The fourth-order valence-corrected chi connectivity index (χ4v) is 3.30. The average Bonchev–Trinajstić information content (AvgIpc) is 3.31. The molecule has 2 aromatic heterocycles. The molecule has 164 valence electrons. The van der Waals surface area contributed by atoms with Gasteiger partial charge in [-0.15, -0.1) is 0 Å². The number of ketones is 1. The van der Waals surface area contributed by atoms with Crippen molar-refractivity contribution in [2.75, 3.05) is 32.6 Å².